The van der Waals surface area contributed by atoms with Crippen LogP contribution in [0.25, 0.3) is 6.08 Å². The van der Waals surface area contributed by atoms with Gasteiger partial charge < -0.3 is 4.74 Å². The molecule has 0 saturated carbocycles. The Balaban J connectivity index is 2.98. The van der Waals surface area contributed by atoms with Crippen molar-refractivity contribution < 1.29 is 14.5 Å². The molecule has 0 heterocycles. The van der Waals surface area contributed by atoms with Crippen LogP contribution < -0.4 is 0 Å². The Morgan fingerprint density at radius 3 is 2.88 bits per heavy atom. The second-order valence-corrected chi connectivity index (χ2v) is 3.96. The van der Waals surface area contributed by atoms with E-state index in [0.29, 0.717) is 10.0 Å². The van der Waals surface area contributed by atoms with Crippen LogP contribution in [-0.4, -0.2) is 17.5 Å². The van der Waals surface area contributed by atoms with Crippen LogP contribution in [-0.2, 0) is 9.53 Å². The van der Waals surface area contributed by atoms with Gasteiger partial charge >= 0.3 is 5.97 Å². The molecule has 0 aromatic heterocycles. The summed E-state index contributed by atoms with van der Waals surface area (Å²) in [5.41, 5.74) is 0.283. The first-order valence-corrected chi connectivity index (χ1v) is 5.62. The minimum absolute atomic E-state index is 0.0695. The molecule has 0 aliphatic rings. The highest BCUT2D eigenvalue weighted by atomic mass is 79.9. The maximum absolute atomic E-state index is 11.1. The molecule has 1 aromatic rings. The molecule has 0 aliphatic carbocycles. The molecule has 0 saturated heterocycles. The molecule has 0 bridgehead atoms. The highest BCUT2D eigenvalue weighted by molar-refractivity contribution is 9.10. The van der Waals surface area contributed by atoms with Crippen LogP contribution in [0.3, 0.4) is 0 Å². The fourth-order valence-corrected chi connectivity index (χ4v) is 1.51. The van der Waals surface area contributed by atoms with Crippen LogP contribution in [0.2, 0.25) is 0 Å². The third-order valence-electron chi connectivity index (χ3n) is 1.87. The lowest BCUT2D eigenvalue weighted by molar-refractivity contribution is -0.385. The number of nitrogens with zero attached hydrogens (tertiary/aromatic N) is 1. The molecule has 17 heavy (non-hydrogen) atoms. The number of carbonyl (C=O) groups is 1. The van der Waals surface area contributed by atoms with E-state index in [0.717, 1.165) is 0 Å². The number of hydrogen-bond acceptors (Lipinski definition) is 4. The third kappa shape index (κ3) is 3.99. The van der Waals surface area contributed by atoms with E-state index in [1.54, 1.807) is 19.1 Å². The van der Waals surface area contributed by atoms with Gasteiger partial charge in [0.15, 0.2) is 0 Å². The first-order valence-electron chi connectivity index (χ1n) is 4.83. The summed E-state index contributed by atoms with van der Waals surface area (Å²) in [6.07, 6.45) is 2.53. The number of rotatable bonds is 4. The molecule has 0 radical (unpaired) electrons. The molecule has 1 rings (SSSR count). The molecule has 5 nitrogen and oxygen atoms in total. The molecule has 6 heteroatoms. The normalized spacial score (nSPS) is 10.5. The second kappa shape index (κ2) is 6.15. The van der Waals surface area contributed by atoms with Crippen molar-refractivity contribution in [2.24, 2.45) is 0 Å². The zero-order chi connectivity index (χ0) is 12.8. The Labute approximate surface area is 106 Å². The smallest absolute Gasteiger partial charge is 0.330 e. The van der Waals surface area contributed by atoms with Gasteiger partial charge in [0, 0.05) is 16.6 Å². The highest BCUT2D eigenvalue weighted by Crippen LogP contribution is 2.24. The Morgan fingerprint density at radius 2 is 2.29 bits per heavy atom. The first kappa shape index (κ1) is 13.4. The van der Waals surface area contributed by atoms with Crippen LogP contribution >= 0.6 is 15.9 Å². The van der Waals surface area contributed by atoms with Crippen LogP contribution in [0.5, 0.6) is 0 Å². The summed E-state index contributed by atoms with van der Waals surface area (Å²) in [7, 11) is 0. The number of hydrogen-bond donors (Lipinski definition) is 0. The van der Waals surface area contributed by atoms with Crippen LogP contribution in [0.4, 0.5) is 5.69 Å². The SMILES string of the molecule is CCOC(=O)/C=C\c1ccc(Br)cc1[N+](=O)[O-]. The second-order valence-electron chi connectivity index (χ2n) is 3.05. The zero-order valence-electron chi connectivity index (χ0n) is 9.05. The number of ether oxygens (including phenoxy) is 1. The van der Waals surface area contributed by atoms with Gasteiger partial charge in [-0.15, -0.1) is 0 Å². The molecule has 90 valence electrons. The molecule has 0 unspecified atom stereocenters. The van der Waals surface area contributed by atoms with E-state index in [1.165, 1.54) is 18.2 Å². The summed E-state index contributed by atoms with van der Waals surface area (Å²) < 4.78 is 5.29. The van der Waals surface area contributed by atoms with Gasteiger partial charge in [0.05, 0.1) is 17.1 Å². The van der Waals surface area contributed by atoms with Crippen molar-refractivity contribution in [3.8, 4) is 0 Å². The number of benzene rings is 1. The fraction of sp³-hybridized carbons (Fsp3) is 0.182. The van der Waals surface area contributed by atoms with Crippen molar-refractivity contribution in [2.45, 2.75) is 6.92 Å². The van der Waals surface area contributed by atoms with E-state index >= 15 is 0 Å². The molecular formula is C11H10BrNO4. The van der Waals surface area contributed by atoms with Gasteiger partial charge in [-0.3, -0.25) is 10.1 Å². The van der Waals surface area contributed by atoms with E-state index in [1.807, 2.05) is 0 Å². The van der Waals surface area contributed by atoms with Gasteiger partial charge in [0.1, 0.15) is 0 Å². The first-order chi connectivity index (χ1) is 8.04. The quantitative estimate of drug-likeness (QED) is 0.371. The molecule has 0 amide bonds. The summed E-state index contributed by atoms with van der Waals surface area (Å²) in [5.74, 6) is -0.523. The van der Waals surface area contributed by atoms with Gasteiger partial charge in [-0.2, -0.15) is 0 Å². The van der Waals surface area contributed by atoms with Crippen molar-refractivity contribution in [3.05, 3.63) is 44.4 Å². The van der Waals surface area contributed by atoms with Crippen molar-refractivity contribution >= 4 is 33.7 Å². The summed E-state index contributed by atoms with van der Waals surface area (Å²) in [6.45, 7) is 1.96. The minimum Gasteiger partial charge on any atom is -0.463 e. The van der Waals surface area contributed by atoms with Crippen LogP contribution in [0, 0.1) is 10.1 Å². The molecule has 0 fully saturated rings. The Bertz CT molecular complexity index is 471. The van der Waals surface area contributed by atoms with Crippen LogP contribution in [0.15, 0.2) is 28.7 Å². The molecule has 0 aliphatic heterocycles. The van der Waals surface area contributed by atoms with Crippen molar-refractivity contribution in [2.75, 3.05) is 6.61 Å². The minimum atomic E-state index is -0.523. The highest BCUT2D eigenvalue weighted by Gasteiger charge is 2.11. The standard InChI is InChI=1S/C11H10BrNO4/c1-2-17-11(14)6-4-8-3-5-9(12)7-10(8)13(15)16/h3-7H,2H2,1H3/b6-4-. The lowest BCUT2D eigenvalue weighted by Crippen LogP contribution is -1.99. The van der Waals surface area contributed by atoms with E-state index < -0.39 is 10.9 Å². The topological polar surface area (TPSA) is 69.4 Å². The van der Waals surface area contributed by atoms with E-state index in [-0.39, 0.29) is 12.3 Å². The molecule has 1 aromatic carbocycles. The maximum atomic E-state index is 11.1. The average Bonchev–Trinajstić information content (AvgIpc) is 2.27. The fourth-order valence-electron chi connectivity index (χ4n) is 1.16. The Morgan fingerprint density at radius 1 is 1.59 bits per heavy atom. The number of halogens is 1. The van der Waals surface area contributed by atoms with E-state index in [2.05, 4.69) is 20.7 Å². The van der Waals surface area contributed by atoms with Gasteiger partial charge in [-0.1, -0.05) is 15.9 Å². The van der Waals surface area contributed by atoms with Gasteiger partial charge in [0.2, 0.25) is 0 Å². The number of nitro groups is 1. The van der Waals surface area contributed by atoms with Crippen LogP contribution in [0.1, 0.15) is 12.5 Å². The van der Waals surface area contributed by atoms with E-state index in [9.17, 15) is 14.9 Å². The van der Waals surface area contributed by atoms with Crippen molar-refractivity contribution in [1.82, 2.24) is 0 Å². The molecule has 0 atom stereocenters. The van der Waals surface area contributed by atoms with E-state index in [4.69, 9.17) is 0 Å². The predicted molar refractivity (Wildman–Crippen MR) is 66.5 cm³/mol. The lowest BCUT2D eigenvalue weighted by atomic mass is 10.1. The van der Waals surface area contributed by atoms with Crippen molar-refractivity contribution in [1.29, 1.82) is 0 Å². The maximum Gasteiger partial charge on any atom is 0.330 e. The lowest BCUT2D eigenvalue weighted by Gasteiger charge is -1.98. The summed E-state index contributed by atoms with van der Waals surface area (Å²) in [6, 6.07) is 4.60. The molecule has 0 N–H and O–H groups in total. The van der Waals surface area contributed by atoms with Gasteiger partial charge in [-0.05, 0) is 25.1 Å². The van der Waals surface area contributed by atoms with Crippen molar-refractivity contribution in [3.63, 3.8) is 0 Å². The average molecular weight is 300 g/mol. The monoisotopic (exact) mass is 299 g/mol. The number of nitro benzene ring substituents is 1. The van der Waals surface area contributed by atoms with Gasteiger partial charge in [-0.25, -0.2) is 4.79 Å². The Kier molecular flexibility index (Phi) is 4.84. The number of esters is 1. The summed E-state index contributed by atoms with van der Waals surface area (Å²) >= 11 is 3.15. The number of carbonyl (C=O) groups excluding carboxylic acids is 1. The zero-order valence-corrected chi connectivity index (χ0v) is 10.6. The predicted octanol–water partition coefficient (Wildman–Crippen LogP) is 2.93. The molecular weight excluding hydrogens is 290 g/mol. The molecule has 0 spiro atoms. The van der Waals surface area contributed by atoms with Gasteiger partial charge in [0.25, 0.3) is 5.69 Å². The third-order valence-corrected chi connectivity index (χ3v) is 2.37. The summed E-state index contributed by atoms with van der Waals surface area (Å²) in [4.78, 5) is 21.4. The summed E-state index contributed by atoms with van der Waals surface area (Å²) in [5, 5.41) is 10.8. The Hall–Kier alpha value is -1.69. The largest absolute Gasteiger partial charge is 0.463 e.